The zero-order valence-corrected chi connectivity index (χ0v) is 10.5. The minimum atomic E-state index is -1.06. The first-order valence-corrected chi connectivity index (χ1v) is 5.67. The first kappa shape index (κ1) is 14.0. The van der Waals surface area contributed by atoms with Gasteiger partial charge in [0.05, 0.1) is 13.0 Å². The summed E-state index contributed by atoms with van der Waals surface area (Å²) in [7, 11) is 0. The van der Waals surface area contributed by atoms with E-state index in [2.05, 4.69) is 5.32 Å². The van der Waals surface area contributed by atoms with Crippen LogP contribution in [0.15, 0.2) is 18.2 Å². The monoisotopic (exact) mass is 251 g/mol. The quantitative estimate of drug-likeness (QED) is 0.798. The number of hydrogen-bond acceptors (Lipinski definition) is 3. The number of nitrogens with one attached hydrogen (secondary N) is 1. The van der Waals surface area contributed by atoms with Crippen LogP contribution in [0.25, 0.3) is 0 Å². The SMILES string of the molecule is Cc1ccc(OCCC(=O)NCC(=O)O)cc1C. The molecule has 0 bridgehead atoms. The van der Waals surface area contributed by atoms with Gasteiger partial charge in [0, 0.05) is 0 Å². The smallest absolute Gasteiger partial charge is 0.322 e. The van der Waals surface area contributed by atoms with Crippen LogP contribution >= 0.6 is 0 Å². The van der Waals surface area contributed by atoms with E-state index in [0.29, 0.717) is 5.75 Å². The largest absolute Gasteiger partial charge is 0.493 e. The van der Waals surface area contributed by atoms with Gasteiger partial charge in [-0.1, -0.05) is 6.07 Å². The first-order chi connectivity index (χ1) is 8.49. The lowest BCUT2D eigenvalue weighted by Gasteiger charge is -2.08. The predicted molar refractivity (Wildman–Crippen MR) is 66.7 cm³/mol. The molecular weight excluding hydrogens is 234 g/mol. The van der Waals surface area contributed by atoms with Crippen molar-refractivity contribution >= 4 is 11.9 Å². The third kappa shape index (κ3) is 4.86. The maximum absolute atomic E-state index is 11.2. The van der Waals surface area contributed by atoms with E-state index < -0.39 is 5.97 Å². The number of carbonyl (C=O) groups is 2. The van der Waals surface area contributed by atoms with E-state index in [4.69, 9.17) is 9.84 Å². The summed E-state index contributed by atoms with van der Waals surface area (Å²) >= 11 is 0. The van der Waals surface area contributed by atoms with Crippen LogP contribution in [0.4, 0.5) is 0 Å². The Labute approximate surface area is 106 Å². The predicted octanol–water partition coefficient (Wildman–Crippen LogP) is 1.27. The molecule has 0 aliphatic rings. The average molecular weight is 251 g/mol. The minimum Gasteiger partial charge on any atom is -0.493 e. The molecule has 0 heterocycles. The Kier molecular flexibility index (Phi) is 5.17. The normalized spacial score (nSPS) is 9.89. The number of aliphatic carboxylic acids is 1. The number of aryl methyl sites for hydroxylation is 2. The summed E-state index contributed by atoms with van der Waals surface area (Å²) < 4.78 is 5.41. The van der Waals surface area contributed by atoms with Crippen molar-refractivity contribution in [3.63, 3.8) is 0 Å². The molecule has 0 radical (unpaired) electrons. The highest BCUT2D eigenvalue weighted by Crippen LogP contribution is 2.16. The molecule has 1 aromatic rings. The van der Waals surface area contributed by atoms with E-state index in [9.17, 15) is 9.59 Å². The molecule has 0 fully saturated rings. The molecule has 0 aliphatic heterocycles. The number of ether oxygens (including phenoxy) is 1. The molecule has 0 saturated carbocycles. The van der Waals surface area contributed by atoms with Gasteiger partial charge in [0.2, 0.25) is 5.91 Å². The van der Waals surface area contributed by atoms with Gasteiger partial charge in [0.1, 0.15) is 12.3 Å². The van der Waals surface area contributed by atoms with E-state index in [1.807, 2.05) is 32.0 Å². The van der Waals surface area contributed by atoms with Gasteiger partial charge in [-0.05, 0) is 37.1 Å². The number of rotatable bonds is 6. The Morgan fingerprint density at radius 3 is 2.61 bits per heavy atom. The summed E-state index contributed by atoms with van der Waals surface area (Å²) in [5, 5.41) is 10.6. The van der Waals surface area contributed by atoms with Gasteiger partial charge in [-0.15, -0.1) is 0 Å². The molecule has 1 rings (SSSR count). The number of amides is 1. The fourth-order valence-corrected chi connectivity index (χ4v) is 1.33. The van der Waals surface area contributed by atoms with Crippen molar-refractivity contribution in [3.8, 4) is 5.75 Å². The summed E-state index contributed by atoms with van der Waals surface area (Å²) in [6, 6.07) is 5.71. The summed E-state index contributed by atoms with van der Waals surface area (Å²) in [6.45, 7) is 3.87. The fraction of sp³-hybridized carbons (Fsp3) is 0.385. The average Bonchev–Trinajstić information content (AvgIpc) is 2.31. The molecule has 98 valence electrons. The number of carboxylic acid groups (broad SMARTS) is 1. The van der Waals surface area contributed by atoms with E-state index in [1.54, 1.807) is 0 Å². The second kappa shape index (κ2) is 6.64. The zero-order chi connectivity index (χ0) is 13.5. The van der Waals surface area contributed by atoms with Gasteiger partial charge in [0.25, 0.3) is 0 Å². The van der Waals surface area contributed by atoms with Crippen LogP contribution in [-0.2, 0) is 9.59 Å². The standard InChI is InChI=1S/C13H17NO4/c1-9-3-4-11(7-10(9)2)18-6-5-12(15)14-8-13(16)17/h3-4,7H,5-6,8H2,1-2H3,(H,14,15)(H,16,17). The Morgan fingerprint density at radius 1 is 1.28 bits per heavy atom. The second-order valence-corrected chi connectivity index (χ2v) is 4.01. The van der Waals surface area contributed by atoms with Crippen LogP contribution in [-0.4, -0.2) is 30.1 Å². The lowest BCUT2D eigenvalue weighted by Crippen LogP contribution is -2.30. The van der Waals surface area contributed by atoms with Crippen LogP contribution < -0.4 is 10.1 Å². The zero-order valence-electron chi connectivity index (χ0n) is 10.5. The molecule has 1 aromatic carbocycles. The van der Waals surface area contributed by atoms with Gasteiger partial charge in [-0.25, -0.2) is 0 Å². The molecule has 5 nitrogen and oxygen atoms in total. The van der Waals surface area contributed by atoms with Gasteiger partial charge in [0.15, 0.2) is 0 Å². The lowest BCUT2D eigenvalue weighted by atomic mass is 10.1. The molecule has 5 heteroatoms. The fourth-order valence-electron chi connectivity index (χ4n) is 1.33. The van der Waals surface area contributed by atoms with Crippen molar-refractivity contribution in [2.24, 2.45) is 0 Å². The van der Waals surface area contributed by atoms with E-state index in [0.717, 1.165) is 5.56 Å². The number of carbonyl (C=O) groups excluding carboxylic acids is 1. The molecule has 18 heavy (non-hydrogen) atoms. The Bertz CT molecular complexity index is 443. The highest BCUT2D eigenvalue weighted by atomic mass is 16.5. The van der Waals surface area contributed by atoms with Crippen molar-refractivity contribution < 1.29 is 19.4 Å². The summed E-state index contributed by atoms with van der Waals surface area (Å²) in [6.07, 6.45) is 0.139. The summed E-state index contributed by atoms with van der Waals surface area (Å²) in [5.41, 5.74) is 2.31. The van der Waals surface area contributed by atoms with Gasteiger partial charge >= 0.3 is 5.97 Å². The van der Waals surface area contributed by atoms with E-state index in [1.165, 1.54) is 5.56 Å². The number of carboxylic acids is 1. The molecule has 2 N–H and O–H groups in total. The Hall–Kier alpha value is -2.04. The lowest BCUT2D eigenvalue weighted by molar-refractivity contribution is -0.138. The van der Waals surface area contributed by atoms with Gasteiger partial charge in [-0.2, -0.15) is 0 Å². The third-order valence-electron chi connectivity index (χ3n) is 2.51. The molecule has 0 saturated heterocycles. The van der Waals surface area contributed by atoms with Crippen molar-refractivity contribution in [1.29, 1.82) is 0 Å². The highest BCUT2D eigenvalue weighted by molar-refractivity contribution is 5.81. The van der Waals surface area contributed by atoms with E-state index in [-0.39, 0.29) is 25.5 Å². The van der Waals surface area contributed by atoms with Crippen LogP contribution in [0.2, 0.25) is 0 Å². The molecule has 0 unspecified atom stereocenters. The van der Waals surface area contributed by atoms with Crippen LogP contribution in [0.3, 0.4) is 0 Å². The van der Waals surface area contributed by atoms with Crippen molar-refractivity contribution in [1.82, 2.24) is 5.32 Å². The van der Waals surface area contributed by atoms with Crippen molar-refractivity contribution in [3.05, 3.63) is 29.3 Å². The third-order valence-corrected chi connectivity index (χ3v) is 2.51. The van der Waals surface area contributed by atoms with Crippen molar-refractivity contribution in [2.75, 3.05) is 13.2 Å². The summed E-state index contributed by atoms with van der Waals surface area (Å²) in [4.78, 5) is 21.4. The molecular formula is C13H17NO4. The Morgan fingerprint density at radius 2 is 2.00 bits per heavy atom. The molecule has 1 amide bonds. The maximum atomic E-state index is 11.2. The number of benzene rings is 1. The number of hydrogen-bond donors (Lipinski definition) is 2. The second-order valence-electron chi connectivity index (χ2n) is 4.01. The van der Waals surface area contributed by atoms with Gasteiger partial charge in [-0.3, -0.25) is 9.59 Å². The molecule has 0 spiro atoms. The van der Waals surface area contributed by atoms with Crippen LogP contribution in [0, 0.1) is 13.8 Å². The molecule has 0 aromatic heterocycles. The van der Waals surface area contributed by atoms with Crippen LogP contribution in [0.1, 0.15) is 17.5 Å². The first-order valence-electron chi connectivity index (χ1n) is 5.67. The molecule has 0 atom stereocenters. The highest BCUT2D eigenvalue weighted by Gasteiger charge is 2.04. The van der Waals surface area contributed by atoms with Crippen molar-refractivity contribution in [2.45, 2.75) is 20.3 Å². The Balaban J connectivity index is 2.30. The molecule has 0 aliphatic carbocycles. The summed E-state index contributed by atoms with van der Waals surface area (Å²) in [5.74, 6) is -0.677. The van der Waals surface area contributed by atoms with Gasteiger partial charge < -0.3 is 15.2 Å². The minimum absolute atomic E-state index is 0.139. The van der Waals surface area contributed by atoms with Crippen LogP contribution in [0.5, 0.6) is 5.75 Å². The topological polar surface area (TPSA) is 75.6 Å². The van der Waals surface area contributed by atoms with E-state index >= 15 is 0 Å². The maximum Gasteiger partial charge on any atom is 0.322 e.